The summed E-state index contributed by atoms with van der Waals surface area (Å²) in [5.74, 6) is 1.33. The lowest BCUT2D eigenvalue weighted by atomic mass is 9.40. The van der Waals surface area contributed by atoms with Gasteiger partial charge in [0.1, 0.15) is 0 Å². The van der Waals surface area contributed by atoms with Crippen LogP contribution in [-0.2, 0) is 4.79 Å². The summed E-state index contributed by atoms with van der Waals surface area (Å²) in [4.78, 5) is 11.7. The van der Waals surface area contributed by atoms with E-state index in [0.29, 0.717) is 16.7 Å². The highest BCUT2D eigenvalue weighted by molar-refractivity contribution is 5.71. The van der Waals surface area contributed by atoms with Crippen molar-refractivity contribution in [2.24, 2.45) is 39.9 Å². The Balaban J connectivity index is 1.71. The predicted molar refractivity (Wildman–Crippen MR) is 92.0 cm³/mol. The van der Waals surface area contributed by atoms with Crippen LogP contribution in [0.15, 0.2) is 12.2 Å². The maximum absolute atomic E-state index is 11.7. The molecule has 2 bridgehead atoms. The first-order chi connectivity index (χ1) is 10.7. The molecule has 0 heterocycles. The normalized spacial score (nSPS) is 51.0. The molecule has 0 aromatic rings. The number of allylic oxidation sites excluding steroid dienone is 1. The molecule has 2 nitrogen and oxygen atoms in total. The molecule has 23 heavy (non-hydrogen) atoms. The molecular weight excluding hydrogens is 284 g/mol. The lowest BCUT2D eigenvalue weighted by Crippen LogP contribution is -2.56. The highest BCUT2D eigenvalue weighted by atomic mass is 16.4. The molecule has 0 radical (unpaired) electrons. The zero-order valence-corrected chi connectivity index (χ0v) is 15.0. The van der Waals surface area contributed by atoms with Crippen molar-refractivity contribution in [1.29, 1.82) is 0 Å². The molecule has 4 aliphatic rings. The fraction of sp³-hybridized carbons (Fsp3) is 0.857. The maximum atomic E-state index is 11.7. The third-order valence-corrected chi connectivity index (χ3v) is 9.02. The minimum Gasteiger partial charge on any atom is -0.481 e. The number of hydrogen-bond acceptors (Lipinski definition) is 1. The van der Waals surface area contributed by atoms with Crippen molar-refractivity contribution < 1.29 is 9.90 Å². The van der Waals surface area contributed by atoms with Gasteiger partial charge in [0.2, 0.25) is 0 Å². The number of carbonyl (C=O) groups is 1. The second-order valence-electron chi connectivity index (χ2n) is 10.0. The first-order valence-corrected chi connectivity index (χ1v) is 9.62. The molecule has 4 saturated carbocycles. The number of aliphatic carboxylic acids is 1. The van der Waals surface area contributed by atoms with E-state index in [1.807, 2.05) is 0 Å². The van der Waals surface area contributed by atoms with Crippen molar-refractivity contribution in [2.75, 3.05) is 0 Å². The van der Waals surface area contributed by atoms with E-state index in [1.165, 1.54) is 44.1 Å². The minimum atomic E-state index is -0.530. The fourth-order valence-electron chi connectivity index (χ4n) is 7.85. The van der Waals surface area contributed by atoms with Crippen LogP contribution in [0.25, 0.3) is 0 Å². The Morgan fingerprint density at radius 2 is 1.83 bits per heavy atom. The van der Waals surface area contributed by atoms with Crippen LogP contribution in [0.2, 0.25) is 0 Å². The quantitative estimate of drug-likeness (QED) is 0.668. The van der Waals surface area contributed by atoms with Crippen LogP contribution in [0.4, 0.5) is 0 Å². The third kappa shape index (κ3) is 1.90. The molecule has 0 aromatic heterocycles. The SMILES string of the molecule is C=C1CC[C@]2(C)[C@H](CC[C@@]34C[C@@H](CC[C@H]32)[C@@H](C(=O)O)C4)C1(C)C. The van der Waals surface area contributed by atoms with E-state index in [-0.39, 0.29) is 11.3 Å². The van der Waals surface area contributed by atoms with Gasteiger partial charge in [0.05, 0.1) is 5.92 Å². The van der Waals surface area contributed by atoms with Gasteiger partial charge in [-0.2, -0.15) is 0 Å². The second kappa shape index (κ2) is 4.64. The van der Waals surface area contributed by atoms with Crippen LogP contribution in [-0.4, -0.2) is 11.1 Å². The average molecular weight is 316 g/mol. The Bertz CT molecular complexity index is 562. The molecule has 0 unspecified atom stereocenters. The van der Waals surface area contributed by atoms with E-state index in [1.54, 1.807) is 0 Å². The van der Waals surface area contributed by atoms with Gasteiger partial charge in [-0.3, -0.25) is 4.79 Å². The van der Waals surface area contributed by atoms with Gasteiger partial charge in [0, 0.05) is 0 Å². The van der Waals surface area contributed by atoms with E-state index >= 15 is 0 Å². The highest BCUT2D eigenvalue weighted by Gasteiger charge is 2.65. The van der Waals surface area contributed by atoms with E-state index in [4.69, 9.17) is 0 Å². The maximum Gasteiger partial charge on any atom is 0.306 e. The minimum absolute atomic E-state index is 0.0632. The fourth-order valence-corrected chi connectivity index (χ4v) is 7.85. The van der Waals surface area contributed by atoms with Gasteiger partial charge < -0.3 is 5.11 Å². The first-order valence-electron chi connectivity index (χ1n) is 9.62. The molecule has 4 fully saturated rings. The van der Waals surface area contributed by atoms with Gasteiger partial charge in [0.25, 0.3) is 0 Å². The third-order valence-electron chi connectivity index (χ3n) is 9.02. The number of hydrogen-bond donors (Lipinski definition) is 1. The van der Waals surface area contributed by atoms with Crippen molar-refractivity contribution >= 4 is 5.97 Å². The van der Waals surface area contributed by atoms with Gasteiger partial charge in [-0.1, -0.05) is 32.9 Å². The van der Waals surface area contributed by atoms with Crippen molar-refractivity contribution in [3.63, 3.8) is 0 Å². The molecule has 0 aromatic carbocycles. The second-order valence-corrected chi connectivity index (χ2v) is 10.0. The van der Waals surface area contributed by atoms with Crippen molar-refractivity contribution in [2.45, 2.75) is 72.1 Å². The molecule has 128 valence electrons. The summed E-state index contributed by atoms with van der Waals surface area (Å²) in [6.45, 7) is 11.8. The van der Waals surface area contributed by atoms with Crippen molar-refractivity contribution in [3.8, 4) is 0 Å². The Kier molecular flexibility index (Phi) is 3.17. The molecule has 2 heteroatoms. The zero-order chi connectivity index (χ0) is 16.6. The first kappa shape index (κ1) is 15.7. The number of carboxylic acid groups (broad SMARTS) is 1. The number of rotatable bonds is 1. The summed E-state index contributed by atoms with van der Waals surface area (Å²) in [5.41, 5.74) is 2.42. The molecular formula is C21H32O2. The van der Waals surface area contributed by atoms with Gasteiger partial charge in [-0.15, -0.1) is 0 Å². The standard InChI is InChI=1S/C21H32O2/c1-13-7-9-20(4)16(19(13,2)3)8-10-21-11-14(5-6-17(20)21)15(12-21)18(22)23/h14-17H,1,5-12H2,2-4H3,(H,22,23)/t14-,15+,16-,17+,20-,21+/m1/s1. The highest BCUT2D eigenvalue weighted by Crippen LogP contribution is 2.72. The van der Waals surface area contributed by atoms with Gasteiger partial charge in [0.15, 0.2) is 0 Å². The van der Waals surface area contributed by atoms with Crippen LogP contribution in [0, 0.1) is 39.9 Å². The Morgan fingerprint density at radius 1 is 1.09 bits per heavy atom. The van der Waals surface area contributed by atoms with E-state index in [0.717, 1.165) is 24.7 Å². The summed E-state index contributed by atoms with van der Waals surface area (Å²) in [5, 5.41) is 9.65. The molecule has 0 amide bonds. The molecule has 4 aliphatic carbocycles. The summed E-state index contributed by atoms with van der Waals surface area (Å²) in [7, 11) is 0. The number of carboxylic acids is 1. The molecule has 1 N–H and O–H groups in total. The molecule has 1 spiro atoms. The Hall–Kier alpha value is -0.790. The number of fused-ring (bicyclic) bond motifs is 3. The van der Waals surface area contributed by atoms with E-state index in [9.17, 15) is 9.90 Å². The zero-order valence-electron chi connectivity index (χ0n) is 15.0. The molecule has 0 saturated heterocycles. The Labute approximate surface area is 140 Å². The van der Waals surface area contributed by atoms with Gasteiger partial charge in [-0.25, -0.2) is 0 Å². The van der Waals surface area contributed by atoms with E-state index < -0.39 is 5.97 Å². The van der Waals surface area contributed by atoms with E-state index in [2.05, 4.69) is 27.4 Å². The predicted octanol–water partition coefficient (Wildman–Crippen LogP) is 5.29. The van der Waals surface area contributed by atoms with Crippen LogP contribution in [0.5, 0.6) is 0 Å². The summed E-state index contributed by atoms with van der Waals surface area (Å²) in [6, 6.07) is 0. The summed E-state index contributed by atoms with van der Waals surface area (Å²) >= 11 is 0. The van der Waals surface area contributed by atoms with Gasteiger partial charge >= 0.3 is 5.97 Å². The van der Waals surface area contributed by atoms with Gasteiger partial charge in [-0.05, 0) is 85.4 Å². The largest absolute Gasteiger partial charge is 0.481 e. The lowest BCUT2D eigenvalue weighted by Gasteiger charge is -2.64. The Morgan fingerprint density at radius 3 is 2.52 bits per heavy atom. The summed E-state index contributed by atoms with van der Waals surface area (Å²) in [6.07, 6.45) is 9.54. The molecule has 0 aliphatic heterocycles. The van der Waals surface area contributed by atoms with Crippen LogP contribution in [0.3, 0.4) is 0 Å². The summed E-state index contributed by atoms with van der Waals surface area (Å²) < 4.78 is 0. The smallest absolute Gasteiger partial charge is 0.306 e. The van der Waals surface area contributed by atoms with Crippen molar-refractivity contribution in [1.82, 2.24) is 0 Å². The lowest BCUT2D eigenvalue weighted by molar-refractivity contribution is -0.143. The van der Waals surface area contributed by atoms with Crippen LogP contribution >= 0.6 is 0 Å². The van der Waals surface area contributed by atoms with Crippen molar-refractivity contribution in [3.05, 3.63) is 12.2 Å². The molecule has 4 rings (SSSR count). The van der Waals surface area contributed by atoms with Crippen LogP contribution < -0.4 is 0 Å². The molecule has 6 atom stereocenters. The monoisotopic (exact) mass is 316 g/mol. The van der Waals surface area contributed by atoms with Crippen LogP contribution in [0.1, 0.15) is 72.1 Å². The topological polar surface area (TPSA) is 37.3 Å². The average Bonchev–Trinajstić information content (AvgIpc) is 2.75.